The number of aromatic nitrogens is 5. The molecule has 0 unspecified atom stereocenters. The van der Waals surface area contributed by atoms with Gasteiger partial charge in [0.05, 0.1) is 23.8 Å². The van der Waals surface area contributed by atoms with Crippen LogP contribution in [0.1, 0.15) is 11.3 Å². The quantitative estimate of drug-likeness (QED) is 0.572. The summed E-state index contributed by atoms with van der Waals surface area (Å²) in [4.78, 5) is 8.15. The summed E-state index contributed by atoms with van der Waals surface area (Å²) in [5.74, 6) is 0.716. The highest BCUT2D eigenvalue weighted by molar-refractivity contribution is 7.98. The van der Waals surface area contributed by atoms with Crippen LogP contribution < -0.4 is 5.73 Å². The number of hydrogen-bond donors (Lipinski definition) is 1. The molecule has 1 aromatic carbocycles. The van der Waals surface area contributed by atoms with Gasteiger partial charge >= 0.3 is 0 Å². The van der Waals surface area contributed by atoms with E-state index >= 15 is 0 Å². The number of rotatable bonds is 4. The van der Waals surface area contributed by atoms with Crippen molar-refractivity contribution in [1.82, 2.24) is 25.0 Å². The van der Waals surface area contributed by atoms with E-state index in [9.17, 15) is 0 Å². The first kappa shape index (κ1) is 15.3. The van der Waals surface area contributed by atoms with E-state index in [-0.39, 0.29) is 11.4 Å². The number of nitriles is 1. The predicted molar refractivity (Wildman–Crippen MR) is 87.1 cm³/mol. The van der Waals surface area contributed by atoms with Gasteiger partial charge < -0.3 is 5.73 Å². The van der Waals surface area contributed by atoms with Gasteiger partial charge in [0, 0.05) is 10.8 Å². The maximum atomic E-state index is 8.80. The Labute approximate surface area is 141 Å². The van der Waals surface area contributed by atoms with Crippen LogP contribution >= 0.6 is 23.4 Å². The molecule has 0 aliphatic heterocycles. The van der Waals surface area contributed by atoms with Crippen LogP contribution in [0.3, 0.4) is 0 Å². The number of nitrogens with two attached hydrogens (primary N) is 1. The Kier molecular flexibility index (Phi) is 4.41. The molecule has 0 aliphatic carbocycles. The smallest absolute Gasteiger partial charge is 0.189 e. The molecule has 3 rings (SSSR count). The lowest BCUT2D eigenvalue weighted by molar-refractivity contribution is 0.800. The summed E-state index contributed by atoms with van der Waals surface area (Å²) >= 11 is 7.23. The third kappa shape index (κ3) is 3.59. The number of benzene rings is 1. The second kappa shape index (κ2) is 6.64. The molecule has 0 amide bonds. The minimum absolute atomic E-state index is 0.176. The average Bonchev–Trinajstić information content (AvgIpc) is 3.03. The Morgan fingerprint density at radius 3 is 2.78 bits per heavy atom. The first-order chi connectivity index (χ1) is 11.2. The molecule has 0 atom stereocenters. The molecular formula is C14H10ClN7S. The van der Waals surface area contributed by atoms with Gasteiger partial charge in [-0.15, -0.1) is 5.10 Å². The fraction of sp³-hybridized carbons (Fsp3) is 0.0714. The van der Waals surface area contributed by atoms with Crippen LogP contribution in [0.5, 0.6) is 0 Å². The third-order valence-corrected chi connectivity index (χ3v) is 4.04. The molecule has 0 saturated carbocycles. The van der Waals surface area contributed by atoms with E-state index in [1.807, 2.05) is 24.4 Å². The fourth-order valence-electron chi connectivity index (χ4n) is 1.76. The van der Waals surface area contributed by atoms with E-state index in [0.717, 1.165) is 11.4 Å². The summed E-state index contributed by atoms with van der Waals surface area (Å²) < 4.78 is 1.67. The topological polar surface area (TPSA) is 106 Å². The summed E-state index contributed by atoms with van der Waals surface area (Å²) in [7, 11) is 0. The first-order valence-corrected chi connectivity index (χ1v) is 7.84. The number of nitrogens with zero attached hydrogens (tertiary/aromatic N) is 6. The van der Waals surface area contributed by atoms with Crippen molar-refractivity contribution in [1.29, 1.82) is 5.26 Å². The molecule has 0 fully saturated rings. The third-order valence-electron chi connectivity index (χ3n) is 2.90. The van der Waals surface area contributed by atoms with Crippen LogP contribution in [0.2, 0.25) is 5.02 Å². The van der Waals surface area contributed by atoms with Crippen LogP contribution in [-0.4, -0.2) is 25.0 Å². The van der Waals surface area contributed by atoms with Gasteiger partial charge in [-0.25, -0.2) is 14.6 Å². The van der Waals surface area contributed by atoms with Crippen LogP contribution in [0.4, 0.5) is 5.82 Å². The van der Waals surface area contributed by atoms with Crippen molar-refractivity contribution in [2.45, 2.75) is 10.9 Å². The number of nitrogen functional groups attached to an aromatic ring is 1. The molecule has 2 N–H and O–H groups in total. The Morgan fingerprint density at radius 1 is 1.30 bits per heavy atom. The van der Waals surface area contributed by atoms with Gasteiger partial charge in [-0.05, 0) is 24.3 Å². The van der Waals surface area contributed by atoms with E-state index in [1.54, 1.807) is 16.8 Å². The fourth-order valence-corrected chi connectivity index (χ4v) is 2.58. The molecule has 9 heteroatoms. The van der Waals surface area contributed by atoms with Crippen molar-refractivity contribution in [3.05, 3.63) is 52.9 Å². The Hall–Kier alpha value is -2.63. The Morgan fingerprint density at radius 2 is 2.09 bits per heavy atom. The van der Waals surface area contributed by atoms with Crippen LogP contribution in [0, 0.1) is 11.3 Å². The van der Waals surface area contributed by atoms with Gasteiger partial charge in [-0.3, -0.25) is 0 Å². The number of anilines is 1. The molecule has 7 nitrogen and oxygen atoms in total. The van der Waals surface area contributed by atoms with Crippen LogP contribution in [0.25, 0.3) is 5.69 Å². The highest BCUT2D eigenvalue weighted by Gasteiger charge is 2.07. The molecule has 0 saturated heterocycles. The van der Waals surface area contributed by atoms with Crippen molar-refractivity contribution >= 4 is 29.2 Å². The lowest BCUT2D eigenvalue weighted by Gasteiger charge is -2.00. The summed E-state index contributed by atoms with van der Waals surface area (Å²) in [6.45, 7) is 0. The first-order valence-electron chi connectivity index (χ1n) is 6.48. The molecule has 23 heavy (non-hydrogen) atoms. The van der Waals surface area contributed by atoms with Crippen molar-refractivity contribution in [3.63, 3.8) is 0 Å². The molecular weight excluding hydrogens is 334 g/mol. The zero-order valence-electron chi connectivity index (χ0n) is 11.7. The number of halogens is 1. The minimum Gasteiger partial charge on any atom is -0.382 e. The Balaban J connectivity index is 1.69. The normalized spacial score (nSPS) is 10.4. The molecule has 0 aliphatic rings. The zero-order chi connectivity index (χ0) is 16.2. The van der Waals surface area contributed by atoms with Crippen LogP contribution in [-0.2, 0) is 5.75 Å². The van der Waals surface area contributed by atoms with Gasteiger partial charge in [0.15, 0.2) is 5.16 Å². The average molecular weight is 344 g/mol. The van der Waals surface area contributed by atoms with Crippen molar-refractivity contribution in [3.8, 4) is 11.8 Å². The maximum absolute atomic E-state index is 8.80. The monoisotopic (exact) mass is 343 g/mol. The van der Waals surface area contributed by atoms with Gasteiger partial charge in [-0.2, -0.15) is 5.26 Å². The van der Waals surface area contributed by atoms with Gasteiger partial charge in [0.25, 0.3) is 0 Å². The molecule has 114 valence electrons. The lowest BCUT2D eigenvalue weighted by atomic mass is 10.3. The van der Waals surface area contributed by atoms with Gasteiger partial charge in [0.2, 0.25) is 0 Å². The van der Waals surface area contributed by atoms with E-state index in [2.05, 4.69) is 20.3 Å². The lowest BCUT2D eigenvalue weighted by Crippen LogP contribution is -1.98. The van der Waals surface area contributed by atoms with Crippen molar-refractivity contribution in [2.24, 2.45) is 0 Å². The molecule has 0 bridgehead atoms. The van der Waals surface area contributed by atoms with E-state index in [1.165, 1.54) is 18.0 Å². The number of thioether (sulfide) groups is 1. The van der Waals surface area contributed by atoms with Gasteiger partial charge in [0.1, 0.15) is 17.5 Å². The standard InChI is InChI=1S/C14H10ClN7S/c15-10-1-3-12(4-2-10)22-7-11(20-21-22)8-23-14-18-6-9(5-16)13(17)19-14/h1-4,6-7H,8H2,(H2,17,18,19). The summed E-state index contributed by atoms with van der Waals surface area (Å²) in [6.07, 6.45) is 3.23. The van der Waals surface area contributed by atoms with Crippen molar-refractivity contribution in [2.75, 3.05) is 5.73 Å². The number of hydrogen-bond acceptors (Lipinski definition) is 7. The van der Waals surface area contributed by atoms with E-state index in [4.69, 9.17) is 22.6 Å². The van der Waals surface area contributed by atoms with Crippen molar-refractivity contribution < 1.29 is 0 Å². The van der Waals surface area contributed by atoms with E-state index in [0.29, 0.717) is 15.9 Å². The predicted octanol–water partition coefficient (Wildman–Crippen LogP) is 2.46. The summed E-state index contributed by atoms with van der Waals surface area (Å²) in [6, 6.07) is 9.23. The second-order valence-electron chi connectivity index (χ2n) is 4.48. The summed E-state index contributed by atoms with van der Waals surface area (Å²) in [5, 5.41) is 18.1. The molecule has 0 spiro atoms. The molecule has 2 aromatic heterocycles. The molecule has 3 aromatic rings. The van der Waals surface area contributed by atoms with E-state index < -0.39 is 0 Å². The molecule has 0 radical (unpaired) electrons. The Bertz CT molecular complexity index is 870. The van der Waals surface area contributed by atoms with Gasteiger partial charge in [-0.1, -0.05) is 28.6 Å². The molecule has 2 heterocycles. The SMILES string of the molecule is N#Cc1cnc(SCc2cn(-c3ccc(Cl)cc3)nn2)nc1N. The maximum Gasteiger partial charge on any atom is 0.189 e. The second-order valence-corrected chi connectivity index (χ2v) is 5.86. The largest absolute Gasteiger partial charge is 0.382 e. The van der Waals surface area contributed by atoms with Crippen LogP contribution in [0.15, 0.2) is 41.8 Å². The zero-order valence-corrected chi connectivity index (χ0v) is 13.3. The highest BCUT2D eigenvalue weighted by Crippen LogP contribution is 2.20. The summed E-state index contributed by atoms with van der Waals surface area (Å²) in [5.41, 5.74) is 7.58. The highest BCUT2D eigenvalue weighted by atomic mass is 35.5. The minimum atomic E-state index is 0.176.